The van der Waals surface area contributed by atoms with E-state index >= 15 is 0 Å². The topological polar surface area (TPSA) is 26.3 Å². The second-order valence-corrected chi connectivity index (χ2v) is 3.56. The molecular weight excluding hydrogens is 140 g/mol. The Morgan fingerprint density at radius 2 is 2.27 bits per heavy atom. The van der Waals surface area contributed by atoms with Crippen LogP contribution in [0.5, 0.6) is 0 Å². The third-order valence-electron chi connectivity index (χ3n) is 1.93. The van der Waals surface area contributed by atoms with Gasteiger partial charge in [0.05, 0.1) is 5.41 Å². The molecule has 0 aliphatic carbocycles. The smallest absolute Gasteiger partial charge is 0.312 e. The quantitative estimate of drug-likeness (QED) is 0.426. The van der Waals surface area contributed by atoms with Crippen LogP contribution in [0, 0.1) is 5.41 Å². The number of hydrogen-bond donors (Lipinski definition) is 0. The maximum Gasteiger partial charge on any atom is 0.312 e. The Hall–Kier alpha value is -0.790. The Bertz CT molecular complexity index is 192. The van der Waals surface area contributed by atoms with Crippen LogP contribution < -0.4 is 0 Å². The molecule has 0 aromatic rings. The van der Waals surface area contributed by atoms with E-state index in [1.165, 1.54) is 0 Å². The fourth-order valence-electron chi connectivity index (χ4n) is 1.25. The molecule has 0 aromatic heterocycles. The number of carbonyl (C=O) groups excluding carboxylic acids is 1. The summed E-state index contributed by atoms with van der Waals surface area (Å²) in [5.74, 6) is -0.0828. The van der Waals surface area contributed by atoms with E-state index in [9.17, 15) is 4.79 Å². The molecule has 0 N–H and O–H groups in total. The minimum Gasteiger partial charge on any atom is -0.458 e. The highest BCUT2D eigenvalue weighted by molar-refractivity contribution is 5.78. The van der Waals surface area contributed by atoms with Gasteiger partial charge in [0.1, 0.15) is 6.10 Å². The van der Waals surface area contributed by atoms with Gasteiger partial charge in [-0.1, -0.05) is 6.08 Å². The Balaban J connectivity index is 2.64. The van der Waals surface area contributed by atoms with Crippen molar-refractivity contribution in [2.45, 2.75) is 33.3 Å². The third kappa shape index (κ3) is 1.62. The van der Waals surface area contributed by atoms with Crippen LogP contribution in [-0.2, 0) is 9.53 Å². The molecule has 1 saturated heterocycles. The van der Waals surface area contributed by atoms with Gasteiger partial charge in [-0.25, -0.2) is 0 Å². The van der Waals surface area contributed by atoms with Gasteiger partial charge in [0.25, 0.3) is 0 Å². The fraction of sp³-hybridized carbons (Fsp3) is 0.667. The van der Waals surface area contributed by atoms with Gasteiger partial charge in [-0.15, -0.1) is 0 Å². The zero-order valence-corrected chi connectivity index (χ0v) is 7.26. The Kier molecular flexibility index (Phi) is 2.03. The minimum atomic E-state index is -0.288. The van der Waals surface area contributed by atoms with Crippen molar-refractivity contribution in [3.63, 3.8) is 0 Å². The highest BCUT2D eigenvalue weighted by Gasteiger charge is 2.39. The number of rotatable bonds is 1. The molecule has 2 heteroatoms. The number of hydrogen-bond acceptors (Lipinski definition) is 2. The van der Waals surface area contributed by atoms with Crippen LogP contribution in [0.2, 0.25) is 0 Å². The molecule has 1 aliphatic rings. The van der Waals surface area contributed by atoms with Crippen molar-refractivity contribution in [2.24, 2.45) is 5.41 Å². The molecule has 0 aromatic carbocycles. The summed E-state index contributed by atoms with van der Waals surface area (Å²) in [7, 11) is 0. The lowest BCUT2D eigenvalue weighted by atomic mass is 9.90. The van der Waals surface area contributed by atoms with Crippen molar-refractivity contribution in [2.75, 3.05) is 0 Å². The lowest BCUT2D eigenvalue weighted by molar-refractivity contribution is -0.146. The summed E-state index contributed by atoms with van der Waals surface area (Å²) in [6.45, 7) is 5.76. The van der Waals surface area contributed by atoms with Gasteiger partial charge in [0.15, 0.2) is 0 Å². The lowest BCUT2D eigenvalue weighted by Crippen LogP contribution is -2.16. The van der Waals surface area contributed by atoms with Gasteiger partial charge in [-0.2, -0.15) is 0 Å². The molecule has 2 nitrogen and oxygen atoms in total. The average Bonchev–Trinajstić information content (AvgIpc) is 2.08. The van der Waals surface area contributed by atoms with Crippen molar-refractivity contribution in [3.8, 4) is 0 Å². The number of esters is 1. The monoisotopic (exact) mass is 154 g/mol. The van der Waals surface area contributed by atoms with E-state index in [1.54, 1.807) is 0 Å². The van der Waals surface area contributed by atoms with Gasteiger partial charge in [-0.05, 0) is 26.8 Å². The summed E-state index contributed by atoms with van der Waals surface area (Å²) in [5, 5.41) is 0. The molecule has 1 atom stereocenters. The standard InChI is InChI=1S/C9H14O2/c1-4-5-7-6-9(2,3)8(10)11-7/h4-5,7H,6H2,1-3H3/b5-4+. The predicted molar refractivity (Wildman–Crippen MR) is 43.1 cm³/mol. The molecular formula is C9H14O2. The summed E-state index contributed by atoms with van der Waals surface area (Å²) in [6, 6.07) is 0. The summed E-state index contributed by atoms with van der Waals surface area (Å²) in [6.07, 6.45) is 4.64. The first-order valence-corrected chi connectivity index (χ1v) is 3.90. The van der Waals surface area contributed by atoms with Gasteiger partial charge in [-0.3, -0.25) is 4.79 Å². The van der Waals surface area contributed by atoms with Crippen LogP contribution in [0.1, 0.15) is 27.2 Å². The molecule has 1 aliphatic heterocycles. The highest BCUT2D eigenvalue weighted by atomic mass is 16.6. The summed E-state index contributed by atoms with van der Waals surface area (Å²) < 4.78 is 5.09. The van der Waals surface area contributed by atoms with Gasteiger partial charge in [0.2, 0.25) is 0 Å². The SMILES string of the molecule is C/C=C/C1CC(C)(C)C(=O)O1. The molecule has 0 saturated carbocycles. The molecule has 0 radical (unpaired) electrons. The molecule has 1 fully saturated rings. The Labute approximate surface area is 67.2 Å². The van der Waals surface area contributed by atoms with Crippen LogP contribution in [0.25, 0.3) is 0 Å². The van der Waals surface area contributed by atoms with Gasteiger partial charge in [0, 0.05) is 6.42 Å². The molecule has 0 amide bonds. The fourth-order valence-corrected chi connectivity index (χ4v) is 1.25. The first kappa shape index (κ1) is 8.31. The molecule has 62 valence electrons. The molecule has 11 heavy (non-hydrogen) atoms. The first-order chi connectivity index (χ1) is 5.06. The van der Waals surface area contributed by atoms with Crippen molar-refractivity contribution in [3.05, 3.63) is 12.2 Å². The van der Waals surface area contributed by atoms with E-state index < -0.39 is 0 Å². The molecule has 0 spiro atoms. The number of carbonyl (C=O) groups is 1. The molecule has 0 bridgehead atoms. The van der Waals surface area contributed by atoms with Crippen LogP contribution in [0.15, 0.2) is 12.2 Å². The van der Waals surface area contributed by atoms with E-state index in [4.69, 9.17) is 4.74 Å². The van der Waals surface area contributed by atoms with E-state index in [-0.39, 0.29) is 17.5 Å². The molecule has 1 rings (SSSR count). The van der Waals surface area contributed by atoms with E-state index in [0.717, 1.165) is 6.42 Å². The van der Waals surface area contributed by atoms with Crippen LogP contribution in [-0.4, -0.2) is 12.1 Å². The number of cyclic esters (lactones) is 1. The van der Waals surface area contributed by atoms with E-state index in [0.29, 0.717) is 0 Å². The molecule has 1 unspecified atom stereocenters. The van der Waals surface area contributed by atoms with E-state index in [2.05, 4.69) is 0 Å². The zero-order valence-electron chi connectivity index (χ0n) is 7.26. The minimum absolute atomic E-state index is 0.00231. The lowest BCUT2D eigenvalue weighted by Gasteiger charge is -2.08. The van der Waals surface area contributed by atoms with Crippen molar-refractivity contribution in [1.29, 1.82) is 0 Å². The number of ether oxygens (including phenoxy) is 1. The van der Waals surface area contributed by atoms with Crippen LogP contribution in [0.3, 0.4) is 0 Å². The Morgan fingerprint density at radius 3 is 2.64 bits per heavy atom. The summed E-state index contributed by atoms with van der Waals surface area (Å²) in [4.78, 5) is 11.1. The predicted octanol–water partition coefficient (Wildman–Crippen LogP) is 1.90. The highest BCUT2D eigenvalue weighted by Crippen LogP contribution is 2.33. The van der Waals surface area contributed by atoms with Crippen LogP contribution in [0.4, 0.5) is 0 Å². The second kappa shape index (κ2) is 2.68. The van der Waals surface area contributed by atoms with E-state index in [1.807, 2.05) is 32.9 Å². The van der Waals surface area contributed by atoms with Gasteiger partial charge < -0.3 is 4.74 Å². The molecule has 1 heterocycles. The zero-order chi connectivity index (χ0) is 8.48. The summed E-state index contributed by atoms with van der Waals surface area (Å²) >= 11 is 0. The Morgan fingerprint density at radius 1 is 1.64 bits per heavy atom. The average molecular weight is 154 g/mol. The maximum atomic E-state index is 11.1. The first-order valence-electron chi connectivity index (χ1n) is 3.90. The largest absolute Gasteiger partial charge is 0.458 e. The van der Waals surface area contributed by atoms with Crippen molar-refractivity contribution >= 4 is 5.97 Å². The summed E-state index contributed by atoms with van der Waals surface area (Å²) in [5.41, 5.74) is -0.288. The maximum absolute atomic E-state index is 11.1. The third-order valence-corrected chi connectivity index (χ3v) is 1.93. The van der Waals surface area contributed by atoms with Gasteiger partial charge >= 0.3 is 5.97 Å². The van der Waals surface area contributed by atoms with Crippen molar-refractivity contribution < 1.29 is 9.53 Å². The second-order valence-electron chi connectivity index (χ2n) is 3.56. The number of allylic oxidation sites excluding steroid dienone is 1. The van der Waals surface area contributed by atoms with Crippen molar-refractivity contribution in [1.82, 2.24) is 0 Å². The van der Waals surface area contributed by atoms with Crippen LogP contribution >= 0.6 is 0 Å². The normalized spacial score (nSPS) is 29.4.